The van der Waals surface area contributed by atoms with E-state index in [2.05, 4.69) is 15.8 Å². The Hall–Kier alpha value is -2.37. The summed E-state index contributed by atoms with van der Waals surface area (Å²) >= 11 is 0. The van der Waals surface area contributed by atoms with Crippen LogP contribution in [-0.4, -0.2) is 24.6 Å². The van der Waals surface area contributed by atoms with Crippen LogP contribution < -0.4 is 15.5 Å². The van der Waals surface area contributed by atoms with Gasteiger partial charge in [-0.1, -0.05) is 6.07 Å². The highest BCUT2D eigenvalue weighted by Crippen LogP contribution is 2.25. The molecule has 0 heterocycles. The van der Waals surface area contributed by atoms with Crippen LogP contribution in [0.3, 0.4) is 0 Å². The number of benzene rings is 1. The lowest BCUT2D eigenvalue weighted by molar-refractivity contribution is -0.119. The number of methoxy groups -OCH3 is 1. The third-order valence-corrected chi connectivity index (χ3v) is 2.45. The van der Waals surface area contributed by atoms with E-state index in [-0.39, 0.29) is 18.2 Å². The number of carbonyl (C=O) groups is 2. The van der Waals surface area contributed by atoms with Crippen LogP contribution in [0.25, 0.3) is 0 Å². The van der Waals surface area contributed by atoms with Gasteiger partial charge < -0.3 is 10.1 Å². The van der Waals surface area contributed by atoms with Gasteiger partial charge in [-0.15, -0.1) is 0 Å². The molecule has 0 aromatic heterocycles. The second kappa shape index (κ2) is 7.28. The summed E-state index contributed by atoms with van der Waals surface area (Å²) in [6.07, 6.45) is 0.0946. The van der Waals surface area contributed by atoms with Gasteiger partial charge in [-0.2, -0.15) is 5.10 Å². The number of carbonyl (C=O) groups excluding carboxylic acids is 2. The molecule has 0 fully saturated rings. The van der Waals surface area contributed by atoms with Gasteiger partial charge in [0.25, 0.3) is 0 Å². The minimum absolute atomic E-state index is 0.0946. The molecule has 6 heteroatoms. The van der Waals surface area contributed by atoms with E-state index >= 15 is 0 Å². The maximum Gasteiger partial charge on any atom is 0.236 e. The first kappa shape index (κ1) is 15.7. The predicted octanol–water partition coefficient (Wildman–Crippen LogP) is 1.84. The normalized spacial score (nSPS) is 10.9. The molecule has 0 aliphatic rings. The molecule has 6 nitrogen and oxygen atoms in total. The summed E-state index contributed by atoms with van der Waals surface area (Å²) in [7, 11) is 1.55. The van der Waals surface area contributed by atoms with Gasteiger partial charge in [0.15, 0.2) is 0 Å². The third kappa shape index (κ3) is 5.09. The van der Waals surface area contributed by atoms with Gasteiger partial charge in [-0.25, -0.2) is 5.43 Å². The van der Waals surface area contributed by atoms with E-state index in [1.807, 2.05) is 19.1 Å². The zero-order chi connectivity index (χ0) is 15.1. The number of hydrogen-bond donors (Lipinski definition) is 2. The van der Waals surface area contributed by atoms with Crippen molar-refractivity contribution in [1.82, 2.24) is 5.43 Å². The molecular formula is C14H19N3O3. The van der Waals surface area contributed by atoms with Gasteiger partial charge in [0.1, 0.15) is 5.75 Å². The predicted molar refractivity (Wildman–Crippen MR) is 77.9 cm³/mol. The Kier molecular flexibility index (Phi) is 5.71. The molecule has 1 rings (SSSR count). The van der Waals surface area contributed by atoms with Crippen LogP contribution in [0.2, 0.25) is 0 Å². The summed E-state index contributed by atoms with van der Waals surface area (Å²) in [6.45, 7) is 4.95. The second-order valence-corrected chi connectivity index (χ2v) is 4.44. The Morgan fingerprint density at radius 1 is 1.30 bits per heavy atom. The summed E-state index contributed by atoms with van der Waals surface area (Å²) in [5.74, 6) is 0.103. The molecule has 0 saturated carbocycles. The molecule has 0 unspecified atom stereocenters. The maximum absolute atomic E-state index is 11.9. The van der Waals surface area contributed by atoms with Crippen molar-refractivity contribution in [3.63, 3.8) is 0 Å². The molecule has 0 atom stereocenters. The topological polar surface area (TPSA) is 79.8 Å². The number of nitrogens with zero attached hydrogens (tertiary/aromatic N) is 1. The van der Waals surface area contributed by atoms with Crippen molar-refractivity contribution in [2.45, 2.75) is 27.2 Å². The van der Waals surface area contributed by atoms with Crippen LogP contribution in [-0.2, 0) is 9.59 Å². The monoisotopic (exact) mass is 277 g/mol. The Morgan fingerprint density at radius 3 is 2.60 bits per heavy atom. The largest absolute Gasteiger partial charge is 0.495 e. The average Bonchev–Trinajstić information content (AvgIpc) is 2.36. The first-order valence-electron chi connectivity index (χ1n) is 6.16. The first-order valence-corrected chi connectivity index (χ1v) is 6.16. The number of anilines is 1. The lowest BCUT2D eigenvalue weighted by atomic mass is 10.2. The molecule has 0 bridgehead atoms. The van der Waals surface area contributed by atoms with E-state index in [4.69, 9.17) is 4.74 Å². The Bertz CT molecular complexity index is 538. The minimum Gasteiger partial charge on any atom is -0.495 e. The summed E-state index contributed by atoms with van der Waals surface area (Å²) in [4.78, 5) is 22.6. The molecule has 0 aliphatic carbocycles. The van der Waals surface area contributed by atoms with E-state index in [0.717, 1.165) is 5.56 Å². The molecule has 108 valence electrons. The summed E-state index contributed by atoms with van der Waals surface area (Å²) in [5, 5.41) is 6.55. The van der Waals surface area contributed by atoms with Gasteiger partial charge in [-0.3, -0.25) is 9.59 Å². The lowest BCUT2D eigenvalue weighted by Gasteiger charge is -2.11. The number of hydrazone groups is 1. The molecule has 0 spiro atoms. The molecule has 2 amide bonds. The highest BCUT2D eigenvalue weighted by molar-refractivity contribution is 6.06. The minimum atomic E-state index is -0.273. The highest BCUT2D eigenvalue weighted by atomic mass is 16.5. The van der Waals surface area contributed by atoms with Crippen LogP contribution in [0.4, 0.5) is 5.69 Å². The summed E-state index contributed by atoms with van der Waals surface area (Å²) in [6, 6.07) is 5.53. The fraction of sp³-hybridized carbons (Fsp3) is 0.357. The average molecular weight is 277 g/mol. The van der Waals surface area contributed by atoms with E-state index in [1.54, 1.807) is 20.1 Å². The van der Waals surface area contributed by atoms with Crippen LogP contribution in [0.1, 0.15) is 25.8 Å². The molecule has 20 heavy (non-hydrogen) atoms. The SMILES string of the molecule is COc1ccc(C)cc1NC(=O)C/C(C)=N\NC(C)=O. The van der Waals surface area contributed by atoms with Crippen molar-refractivity contribution in [3.8, 4) is 5.75 Å². The second-order valence-electron chi connectivity index (χ2n) is 4.44. The van der Waals surface area contributed by atoms with Gasteiger partial charge in [0.2, 0.25) is 11.8 Å². The van der Waals surface area contributed by atoms with Gasteiger partial charge >= 0.3 is 0 Å². The molecular weight excluding hydrogens is 258 g/mol. The third-order valence-electron chi connectivity index (χ3n) is 2.45. The molecule has 2 N–H and O–H groups in total. The lowest BCUT2D eigenvalue weighted by Crippen LogP contribution is -2.19. The number of ether oxygens (including phenoxy) is 1. The van der Waals surface area contributed by atoms with Crippen molar-refractivity contribution in [2.75, 3.05) is 12.4 Å². The molecule has 0 radical (unpaired) electrons. The number of aryl methyl sites for hydroxylation is 1. The quantitative estimate of drug-likeness (QED) is 0.636. The number of amides is 2. The van der Waals surface area contributed by atoms with Crippen molar-refractivity contribution < 1.29 is 14.3 Å². The molecule has 1 aromatic rings. The standard InChI is InChI=1S/C14H19N3O3/c1-9-5-6-13(20-4)12(7-9)15-14(19)8-10(2)16-17-11(3)18/h5-7H,8H2,1-4H3,(H,15,19)(H,17,18)/b16-10-. The van der Waals surface area contributed by atoms with E-state index in [9.17, 15) is 9.59 Å². The first-order chi connectivity index (χ1) is 9.42. The van der Waals surface area contributed by atoms with Crippen molar-refractivity contribution >= 4 is 23.2 Å². The smallest absolute Gasteiger partial charge is 0.236 e. The number of nitrogens with one attached hydrogen (secondary N) is 2. The van der Waals surface area contributed by atoms with Gasteiger partial charge in [0, 0.05) is 12.6 Å². The highest BCUT2D eigenvalue weighted by Gasteiger charge is 2.09. The van der Waals surface area contributed by atoms with Crippen molar-refractivity contribution in [2.24, 2.45) is 5.10 Å². The Balaban J connectivity index is 2.69. The fourth-order valence-corrected chi connectivity index (χ4v) is 1.56. The van der Waals surface area contributed by atoms with Crippen LogP contribution in [0.15, 0.2) is 23.3 Å². The summed E-state index contributed by atoms with van der Waals surface area (Å²) < 4.78 is 5.18. The van der Waals surface area contributed by atoms with E-state index in [0.29, 0.717) is 17.1 Å². The molecule has 0 aliphatic heterocycles. The summed E-state index contributed by atoms with van der Waals surface area (Å²) in [5.41, 5.74) is 4.44. The molecule has 0 saturated heterocycles. The van der Waals surface area contributed by atoms with E-state index < -0.39 is 0 Å². The van der Waals surface area contributed by atoms with E-state index in [1.165, 1.54) is 6.92 Å². The van der Waals surface area contributed by atoms with Crippen LogP contribution in [0, 0.1) is 6.92 Å². The number of hydrogen-bond acceptors (Lipinski definition) is 4. The zero-order valence-corrected chi connectivity index (χ0v) is 12.1. The fourth-order valence-electron chi connectivity index (χ4n) is 1.56. The Morgan fingerprint density at radius 2 is 2.00 bits per heavy atom. The van der Waals surface area contributed by atoms with Crippen LogP contribution >= 0.6 is 0 Å². The maximum atomic E-state index is 11.9. The van der Waals surface area contributed by atoms with Crippen LogP contribution in [0.5, 0.6) is 5.75 Å². The Labute approximate surface area is 118 Å². The number of rotatable bonds is 5. The van der Waals surface area contributed by atoms with Crippen molar-refractivity contribution in [1.29, 1.82) is 0 Å². The van der Waals surface area contributed by atoms with Gasteiger partial charge in [0.05, 0.1) is 19.2 Å². The zero-order valence-electron chi connectivity index (χ0n) is 12.1. The molecule has 1 aromatic carbocycles. The van der Waals surface area contributed by atoms with Crippen molar-refractivity contribution in [3.05, 3.63) is 23.8 Å². The van der Waals surface area contributed by atoms with Gasteiger partial charge in [-0.05, 0) is 31.5 Å².